The number of carbonyl (C=O) groups excluding carboxylic acids is 1. The second-order valence-electron chi connectivity index (χ2n) is 6.31. The molecule has 0 bridgehead atoms. The summed E-state index contributed by atoms with van der Waals surface area (Å²) in [5.41, 5.74) is 0.719. The van der Waals surface area contributed by atoms with Crippen LogP contribution in [0.5, 0.6) is 5.75 Å². The number of benzene rings is 2. The first-order valence-electron chi connectivity index (χ1n) is 8.58. The number of rotatable bonds is 8. The quantitative estimate of drug-likeness (QED) is 0.436. The molecule has 1 aromatic heterocycles. The molecule has 3 aromatic rings. The molecule has 3 rings (SSSR count). The highest BCUT2D eigenvalue weighted by Gasteiger charge is 2.18. The molecule has 1 N–H and O–H groups in total. The van der Waals surface area contributed by atoms with Crippen molar-refractivity contribution in [3.63, 3.8) is 0 Å². The van der Waals surface area contributed by atoms with Crippen molar-refractivity contribution in [2.24, 2.45) is 0 Å². The summed E-state index contributed by atoms with van der Waals surface area (Å²) >= 11 is 0. The summed E-state index contributed by atoms with van der Waals surface area (Å²) < 4.78 is 39.7. The van der Waals surface area contributed by atoms with Gasteiger partial charge in [0.1, 0.15) is 24.0 Å². The van der Waals surface area contributed by atoms with Gasteiger partial charge in [-0.1, -0.05) is 17.7 Å². The van der Waals surface area contributed by atoms with E-state index in [1.165, 1.54) is 30.3 Å². The summed E-state index contributed by atoms with van der Waals surface area (Å²) in [7, 11) is -3.99. The van der Waals surface area contributed by atoms with Gasteiger partial charge in [0.15, 0.2) is 17.5 Å². The zero-order valence-electron chi connectivity index (χ0n) is 15.4. The van der Waals surface area contributed by atoms with Crippen molar-refractivity contribution in [3.8, 4) is 5.75 Å². The first kappa shape index (κ1) is 20.7. The van der Waals surface area contributed by atoms with Crippen LogP contribution in [0.25, 0.3) is 11.0 Å². The van der Waals surface area contributed by atoms with Gasteiger partial charge >= 0.3 is 0 Å². The first-order valence-corrected chi connectivity index (χ1v) is 9.99. The molecule has 29 heavy (non-hydrogen) atoms. The maximum atomic E-state index is 12.1. The molecule has 0 aliphatic heterocycles. The van der Waals surface area contributed by atoms with Crippen molar-refractivity contribution in [1.29, 1.82) is 0 Å². The SMILES string of the molecule is Cc1ccc(S(=O)(=O)OCC(O)COc2ccc3oc(C=O)cc(=O)c3c2)cc1. The molecule has 0 fully saturated rings. The van der Waals surface area contributed by atoms with Crippen molar-refractivity contribution >= 4 is 27.4 Å². The largest absolute Gasteiger partial charge is 0.491 e. The summed E-state index contributed by atoms with van der Waals surface area (Å²) in [5.74, 6) is 0.183. The van der Waals surface area contributed by atoms with E-state index < -0.39 is 28.3 Å². The molecule has 1 heterocycles. The summed E-state index contributed by atoms with van der Waals surface area (Å²) in [4.78, 5) is 22.7. The summed E-state index contributed by atoms with van der Waals surface area (Å²) in [5, 5.41) is 10.2. The van der Waals surface area contributed by atoms with Crippen LogP contribution in [0.1, 0.15) is 16.1 Å². The Morgan fingerprint density at radius 2 is 1.83 bits per heavy atom. The molecule has 152 valence electrons. The summed E-state index contributed by atoms with van der Waals surface area (Å²) in [6.07, 6.45) is -0.786. The minimum atomic E-state index is -3.99. The Morgan fingerprint density at radius 1 is 1.10 bits per heavy atom. The van der Waals surface area contributed by atoms with Crippen LogP contribution in [0.2, 0.25) is 0 Å². The highest BCUT2D eigenvalue weighted by molar-refractivity contribution is 7.86. The molecular weight excluding hydrogens is 400 g/mol. The molecule has 0 saturated carbocycles. The van der Waals surface area contributed by atoms with Crippen LogP contribution in [0.3, 0.4) is 0 Å². The van der Waals surface area contributed by atoms with Crippen LogP contribution in [0.15, 0.2) is 62.6 Å². The third kappa shape index (κ3) is 5.08. The molecule has 0 aliphatic carbocycles. The number of ether oxygens (including phenoxy) is 1. The summed E-state index contributed by atoms with van der Waals surface area (Å²) in [6.45, 7) is 1.08. The molecule has 9 heteroatoms. The lowest BCUT2D eigenvalue weighted by Crippen LogP contribution is -2.25. The molecule has 2 aromatic carbocycles. The highest BCUT2D eigenvalue weighted by atomic mass is 32.2. The van der Waals surface area contributed by atoms with E-state index in [4.69, 9.17) is 13.3 Å². The van der Waals surface area contributed by atoms with Crippen LogP contribution in [0.4, 0.5) is 0 Å². The topological polar surface area (TPSA) is 120 Å². The molecule has 0 spiro atoms. The van der Waals surface area contributed by atoms with Crippen LogP contribution in [-0.4, -0.2) is 39.1 Å². The molecule has 0 saturated heterocycles. The monoisotopic (exact) mass is 418 g/mol. The van der Waals surface area contributed by atoms with Gasteiger partial charge in [-0.3, -0.25) is 13.8 Å². The van der Waals surface area contributed by atoms with Crippen LogP contribution in [0, 0.1) is 6.92 Å². The van der Waals surface area contributed by atoms with Gasteiger partial charge in [0.2, 0.25) is 0 Å². The number of fused-ring (bicyclic) bond motifs is 1. The number of hydrogen-bond acceptors (Lipinski definition) is 8. The lowest BCUT2D eigenvalue weighted by atomic mass is 10.2. The zero-order chi connectivity index (χ0) is 21.0. The Morgan fingerprint density at radius 3 is 2.52 bits per heavy atom. The van der Waals surface area contributed by atoms with Gasteiger partial charge < -0.3 is 14.3 Å². The number of aryl methyl sites for hydroxylation is 1. The van der Waals surface area contributed by atoms with E-state index in [1.807, 2.05) is 6.92 Å². The van der Waals surface area contributed by atoms with E-state index >= 15 is 0 Å². The van der Waals surface area contributed by atoms with Crippen LogP contribution >= 0.6 is 0 Å². The van der Waals surface area contributed by atoms with Gasteiger partial charge in [-0.2, -0.15) is 8.42 Å². The van der Waals surface area contributed by atoms with Crippen molar-refractivity contribution in [3.05, 3.63) is 70.1 Å². The Balaban J connectivity index is 1.61. The minimum absolute atomic E-state index is 0.00725. The Bertz CT molecular complexity index is 1180. The average Bonchev–Trinajstić information content (AvgIpc) is 2.71. The van der Waals surface area contributed by atoms with Gasteiger partial charge in [-0.25, -0.2) is 0 Å². The van der Waals surface area contributed by atoms with Gasteiger partial charge in [0.05, 0.1) is 16.9 Å². The van der Waals surface area contributed by atoms with Crippen molar-refractivity contribution in [2.75, 3.05) is 13.2 Å². The number of hydrogen-bond donors (Lipinski definition) is 1. The number of aldehydes is 1. The second kappa shape index (κ2) is 8.56. The molecule has 1 atom stereocenters. The smallest absolute Gasteiger partial charge is 0.297 e. The Kier molecular flexibility index (Phi) is 6.12. The van der Waals surface area contributed by atoms with Crippen LogP contribution in [-0.2, 0) is 14.3 Å². The first-order chi connectivity index (χ1) is 13.8. The van der Waals surface area contributed by atoms with E-state index in [0.717, 1.165) is 11.6 Å². The lowest BCUT2D eigenvalue weighted by molar-refractivity contribution is 0.0649. The van der Waals surface area contributed by atoms with E-state index in [0.29, 0.717) is 6.29 Å². The van der Waals surface area contributed by atoms with Crippen molar-refractivity contribution in [1.82, 2.24) is 0 Å². The van der Waals surface area contributed by atoms with Crippen molar-refractivity contribution < 1.29 is 31.7 Å². The molecule has 0 amide bonds. The fourth-order valence-electron chi connectivity index (χ4n) is 2.48. The van der Waals surface area contributed by atoms with Gasteiger partial charge in [-0.15, -0.1) is 0 Å². The number of aliphatic hydroxyl groups is 1. The second-order valence-corrected chi connectivity index (χ2v) is 7.92. The standard InChI is InChI=1S/C20H18O8S/c1-13-2-5-17(6-3-13)29(24,25)27-12-14(22)11-26-15-4-7-20-18(8-15)19(23)9-16(10-21)28-20/h2-10,14,22H,11-12H2,1H3. The molecule has 8 nitrogen and oxygen atoms in total. The molecule has 0 aliphatic rings. The third-order valence-electron chi connectivity index (χ3n) is 4.00. The molecule has 0 radical (unpaired) electrons. The maximum Gasteiger partial charge on any atom is 0.297 e. The normalized spacial score (nSPS) is 12.6. The number of aliphatic hydroxyl groups excluding tert-OH is 1. The zero-order valence-corrected chi connectivity index (χ0v) is 16.2. The van der Waals surface area contributed by atoms with Gasteiger partial charge in [-0.05, 0) is 37.3 Å². The van der Waals surface area contributed by atoms with E-state index in [-0.39, 0.29) is 34.0 Å². The fraction of sp³-hybridized carbons (Fsp3) is 0.200. The maximum absolute atomic E-state index is 12.1. The van der Waals surface area contributed by atoms with E-state index in [9.17, 15) is 23.1 Å². The van der Waals surface area contributed by atoms with Gasteiger partial charge in [0.25, 0.3) is 10.1 Å². The minimum Gasteiger partial charge on any atom is -0.491 e. The Hall–Kier alpha value is -3.01. The van der Waals surface area contributed by atoms with Crippen molar-refractivity contribution in [2.45, 2.75) is 17.9 Å². The third-order valence-corrected chi connectivity index (χ3v) is 5.30. The number of carbonyl (C=O) groups is 1. The van der Waals surface area contributed by atoms with Crippen LogP contribution < -0.4 is 10.2 Å². The summed E-state index contributed by atoms with van der Waals surface area (Å²) in [6, 6.07) is 11.6. The van der Waals surface area contributed by atoms with Gasteiger partial charge in [0, 0.05) is 6.07 Å². The highest BCUT2D eigenvalue weighted by Crippen LogP contribution is 2.19. The average molecular weight is 418 g/mol. The molecule has 1 unspecified atom stereocenters. The lowest BCUT2D eigenvalue weighted by Gasteiger charge is -2.13. The predicted molar refractivity (Wildman–Crippen MR) is 104 cm³/mol. The Labute approximate surface area is 166 Å². The van der Waals surface area contributed by atoms with E-state index in [1.54, 1.807) is 12.1 Å². The molecular formula is C20H18O8S. The van der Waals surface area contributed by atoms with E-state index in [2.05, 4.69) is 0 Å². The fourth-order valence-corrected chi connectivity index (χ4v) is 3.43. The predicted octanol–water partition coefficient (Wildman–Crippen LogP) is 2.06.